The predicted octanol–water partition coefficient (Wildman–Crippen LogP) is 2.15. The molecule has 26 heavy (non-hydrogen) atoms. The molecule has 0 aromatic heterocycles. The van der Waals surface area contributed by atoms with Gasteiger partial charge in [-0.3, -0.25) is 9.59 Å². The molecule has 0 bridgehead atoms. The van der Waals surface area contributed by atoms with E-state index in [2.05, 4.69) is 10.6 Å². The van der Waals surface area contributed by atoms with Crippen LogP contribution in [0.15, 0.2) is 42.5 Å². The molecule has 0 aliphatic heterocycles. The number of carbonyl (C=O) groups is 3. The summed E-state index contributed by atoms with van der Waals surface area (Å²) in [5.41, 5.74) is 0.847. The number of nitrogens with one attached hydrogen (secondary N) is 2. The van der Waals surface area contributed by atoms with E-state index in [1.807, 2.05) is 0 Å². The third-order valence-electron chi connectivity index (χ3n) is 3.24. The molecule has 0 aliphatic carbocycles. The molecule has 2 rings (SSSR count). The van der Waals surface area contributed by atoms with Gasteiger partial charge in [0.05, 0.1) is 7.11 Å². The Balaban J connectivity index is 1.95. The molecule has 0 heterocycles. The van der Waals surface area contributed by atoms with E-state index < -0.39 is 18.5 Å². The van der Waals surface area contributed by atoms with Crippen molar-refractivity contribution in [2.75, 3.05) is 24.4 Å². The smallest absolute Gasteiger partial charge is 0.342 e. The van der Waals surface area contributed by atoms with Gasteiger partial charge in [-0.15, -0.1) is 0 Å². The fourth-order valence-electron chi connectivity index (χ4n) is 2.14. The summed E-state index contributed by atoms with van der Waals surface area (Å²) in [6.07, 6.45) is 0. The highest BCUT2D eigenvalue weighted by molar-refractivity contribution is 5.97. The molecule has 2 aromatic rings. The maximum Gasteiger partial charge on any atom is 0.342 e. The van der Waals surface area contributed by atoms with Gasteiger partial charge in [0.2, 0.25) is 5.91 Å². The van der Waals surface area contributed by atoms with E-state index in [4.69, 9.17) is 9.47 Å². The number of phenols is 1. The van der Waals surface area contributed by atoms with E-state index in [0.717, 1.165) is 0 Å². The van der Waals surface area contributed by atoms with Crippen LogP contribution in [0.25, 0.3) is 0 Å². The molecule has 3 N–H and O–H groups in total. The van der Waals surface area contributed by atoms with Gasteiger partial charge < -0.3 is 25.2 Å². The number of rotatable bonds is 6. The van der Waals surface area contributed by atoms with Crippen LogP contribution < -0.4 is 15.4 Å². The number of hydrogen-bond donors (Lipinski definition) is 3. The van der Waals surface area contributed by atoms with Crippen molar-refractivity contribution >= 4 is 29.2 Å². The average Bonchev–Trinajstić information content (AvgIpc) is 2.59. The molecule has 0 unspecified atom stereocenters. The quantitative estimate of drug-likeness (QED) is 0.682. The monoisotopic (exact) mass is 358 g/mol. The lowest BCUT2D eigenvalue weighted by Gasteiger charge is -2.10. The summed E-state index contributed by atoms with van der Waals surface area (Å²) in [7, 11) is 1.35. The van der Waals surface area contributed by atoms with Gasteiger partial charge in [0.25, 0.3) is 5.91 Å². The van der Waals surface area contributed by atoms with Gasteiger partial charge >= 0.3 is 5.97 Å². The second-order valence-electron chi connectivity index (χ2n) is 5.24. The van der Waals surface area contributed by atoms with E-state index in [1.54, 1.807) is 24.3 Å². The fourth-order valence-corrected chi connectivity index (χ4v) is 2.14. The topological polar surface area (TPSA) is 114 Å². The standard InChI is InChI=1S/C18H18N2O6/c1-11(21)19-12-5-3-6-13(9-12)20-16(22)10-26-18(24)14-7-4-8-15(25-2)17(14)23/h3-9,23H,10H2,1-2H3,(H,19,21)(H,20,22). The Hall–Kier alpha value is -3.55. The van der Waals surface area contributed by atoms with Gasteiger partial charge in [0, 0.05) is 18.3 Å². The number of hydrogen-bond acceptors (Lipinski definition) is 6. The molecule has 0 atom stereocenters. The van der Waals surface area contributed by atoms with Crippen LogP contribution in [-0.4, -0.2) is 36.6 Å². The minimum atomic E-state index is -0.858. The molecule has 0 aliphatic rings. The minimum Gasteiger partial charge on any atom is -0.504 e. The van der Waals surface area contributed by atoms with Crippen molar-refractivity contribution in [1.82, 2.24) is 0 Å². The number of benzene rings is 2. The Bertz CT molecular complexity index is 834. The molecule has 136 valence electrons. The first-order valence-electron chi connectivity index (χ1n) is 7.61. The van der Waals surface area contributed by atoms with E-state index >= 15 is 0 Å². The Labute approximate surface area is 149 Å². The first-order chi connectivity index (χ1) is 12.4. The van der Waals surface area contributed by atoms with Crippen LogP contribution in [0.2, 0.25) is 0 Å². The largest absolute Gasteiger partial charge is 0.504 e. The van der Waals surface area contributed by atoms with Crippen LogP contribution in [0.4, 0.5) is 11.4 Å². The van der Waals surface area contributed by atoms with Gasteiger partial charge in [0.15, 0.2) is 18.1 Å². The van der Waals surface area contributed by atoms with Gasteiger partial charge in [-0.25, -0.2) is 4.79 Å². The molecule has 2 amide bonds. The Kier molecular flexibility index (Phi) is 6.15. The van der Waals surface area contributed by atoms with E-state index in [9.17, 15) is 19.5 Å². The van der Waals surface area contributed by atoms with Crippen LogP contribution in [0, 0.1) is 0 Å². The summed E-state index contributed by atoms with van der Waals surface area (Å²) in [6.45, 7) is 0.832. The third kappa shape index (κ3) is 4.97. The number of carbonyl (C=O) groups excluding carboxylic acids is 3. The Morgan fingerprint density at radius 1 is 1.04 bits per heavy atom. The van der Waals surface area contributed by atoms with Crippen LogP contribution in [-0.2, 0) is 14.3 Å². The van der Waals surface area contributed by atoms with Gasteiger partial charge in [-0.2, -0.15) is 0 Å². The van der Waals surface area contributed by atoms with Gasteiger partial charge in [-0.1, -0.05) is 12.1 Å². The summed E-state index contributed by atoms with van der Waals surface area (Å²) in [6, 6.07) is 10.9. The summed E-state index contributed by atoms with van der Waals surface area (Å²) >= 11 is 0. The third-order valence-corrected chi connectivity index (χ3v) is 3.24. The number of anilines is 2. The maximum absolute atomic E-state index is 12.0. The molecule has 0 fully saturated rings. The van der Waals surface area contributed by atoms with Gasteiger partial charge in [-0.05, 0) is 30.3 Å². The zero-order chi connectivity index (χ0) is 19.1. The zero-order valence-electron chi connectivity index (χ0n) is 14.2. The maximum atomic E-state index is 12.0. The second-order valence-corrected chi connectivity index (χ2v) is 5.24. The van der Waals surface area contributed by atoms with Crippen LogP contribution in [0.5, 0.6) is 11.5 Å². The highest BCUT2D eigenvalue weighted by atomic mass is 16.5. The average molecular weight is 358 g/mol. The zero-order valence-corrected chi connectivity index (χ0v) is 14.2. The molecule has 8 nitrogen and oxygen atoms in total. The summed E-state index contributed by atoms with van der Waals surface area (Å²) in [5, 5.41) is 15.0. The summed E-state index contributed by atoms with van der Waals surface area (Å²) in [4.78, 5) is 35.0. The fraction of sp³-hybridized carbons (Fsp3) is 0.167. The number of para-hydroxylation sites is 1. The lowest BCUT2D eigenvalue weighted by atomic mass is 10.2. The highest BCUT2D eigenvalue weighted by Gasteiger charge is 2.17. The van der Waals surface area contributed by atoms with Crippen molar-refractivity contribution in [3.63, 3.8) is 0 Å². The van der Waals surface area contributed by atoms with Gasteiger partial charge in [0.1, 0.15) is 5.56 Å². The van der Waals surface area contributed by atoms with Crippen molar-refractivity contribution in [1.29, 1.82) is 0 Å². The molecule has 0 radical (unpaired) electrons. The Morgan fingerprint density at radius 3 is 2.35 bits per heavy atom. The number of aromatic hydroxyl groups is 1. The van der Waals surface area contributed by atoms with E-state index in [-0.39, 0.29) is 23.0 Å². The second kappa shape index (κ2) is 8.52. The normalized spacial score (nSPS) is 9.92. The lowest BCUT2D eigenvalue weighted by molar-refractivity contribution is -0.119. The number of ether oxygens (including phenoxy) is 2. The predicted molar refractivity (Wildman–Crippen MR) is 94.3 cm³/mol. The van der Waals surface area contributed by atoms with Crippen LogP contribution in [0.1, 0.15) is 17.3 Å². The molecular weight excluding hydrogens is 340 g/mol. The first kappa shape index (κ1) is 18.8. The van der Waals surface area contributed by atoms with Crippen molar-refractivity contribution in [2.24, 2.45) is 0 Å². The molecule has 0 spiro atoms. The summed E-state index contributed by atoms with van der Waals surface area (Å²) in [5.74, 6) is -1.90. The highest BCUT2D eigenvalue weighted by Crippen LogP contribution is 2.29. The van der Waals surface area contributed by atoms with Crippen LogP contribution >= 0.6 is 0 Å². The minimum absolute atomic E-state index is 0.107. The van der Waals surface area contributed by atoms with Crippen molar-refractivity contribution < 1.29 is 29.0 Å². The van der Waals surface area contributed by atoms with E-state index in [0.29, 0.717) is 11.4 Å². The number of amides is 2. The van der Waals surface area contributed by atoms with Crippen molar-refractivity contribution in [3.05, 3.63) is 48.0 Å². The first-order valence-corrected chi connectivity index (χ1v) is 7.61. The molecule has 8 heteroatoms. The number of phenolic OH excluding ortho intramolecular Hbond substituents is 1. The van der Waals surface area contributed by atoms with Crippen molar-refractivity contribution in [2.45, 2.75) is 6.92 Å². The Morgan fingerprint density at radius 2 is 1.69 bits per heavy atom. The number of methoxy groups -OCH3 is 1. The molecule has 0 saturated carbocycles. The van der Waals surface area contributed by atoms with E-state index in [1.165, 1.54) is 32.2 Å². The molecule has 2 aromatic carbocycles. The van der Waals surface area contributed by atoms with Crippen molar-refractivity contribution in [3.8, 4) is 11.5 Å². The molecule has 0 saturated heterocycles. The summed E-state index contributed by atoms with van der Waals surface area (Å²) < 4.78 is 9.81. The van der Waals surface area contributed by atoms with Crippen LogP contribution in [0.3, 0.4) is 0 Å². The molecular formula is C18H18N2O6. The lowest BCUT2D eigenvalue weighted by Crippen LogP contribution is -2.21. The number of esters is 1. The SMILES string of the molecule is COc1cccc(C(=O)OCC(=O)Nc2cccc(NC(C)=O)c2)c1O.